The van der Waals surface area contributed by atoms with E-state index in [2.05, 4.69) is 24.1 Å². The minimum atomic E-state index is -0.141. The van der Waals surface area contributed by atoms with Crippen molar-refractivity contribution in [3.63, 3.8) is 0 Å². The Balaban J connectivity index is 1.52. The minimum Gasteiger partial charge on any atom is -0.486 e. The first-order valence-corrected chi connectivity index (χ1v) is 9.31. The number of nitrogens with zero attached hydrogens (tertiary/aromatic N) is 1. The molecule has 1 unspecified atom stereocenters. The number of carbonyl (C=O) groups excluding carboxylic acids is 1. The van der Waals surface area contributed by atoms with E-state index in [4.69, 9.17) is 13.9 Å². The van der Waals surface area contributed by atoms with Crippen molar-refractivity contribution in [3.8, 4) is 22.8 Å². The van der Waals surface area contributed by atoms with Crippen LogP contribution in [0, 0.1) is 5.92 Å². The smallest absolute Gasteiger partial charge is 0.251 e. The zero-order chi connectivity index (χ0) is 19.5. The summed E-state index contributed by atoms with van der Waals surface area (Å²) in [5.74, 6) is 2.22. The Morgan fingerprint density at radius 3 is 2.46 bits per heavy atom. The second-order valence-electron chi connectivity index (χ2n) is 7.04. The van der Waals surface area contributed by atoms with E-state index in [0.29, 0.717) is 24.5 Å². The molecule has 2 heterocycles. The van der Waals surface area contributed by atoms with E-state index in [1.165, 1.54) is 6.39 Å². The van der Waals surface area contributed by atoms with Gasteiger partial charge in [-0.2, -0.15) is 0 Å². The predicted octanol–water partition coefficient (Wildman–Crippen LogP) is 4.24. The Labute approximate surface area is 163 Å². The third kappa shape index (κ3) is 3.71. The summed E-state index contributed by atoms with van der Waals surface area (Å²) in [5, 5.41) is 3.14. The fourth-order valence-electron chi connectivity index (χ4n) is 3.26. The Bertz CT molecular complexity index is 949. The number of ether oxygens (including phenoxy) is 2. The number of oxazole rings is 1. The molecule has 0 radical (unpaired) electrons. The maximum absolute atomic E-state index is 12.8. The Morgan fingerprint density at radius 2 is 1.79 bits per heavy atom. The predicted molar refractivity (Wildman–Crippen MR) is 104 cm³/mol. The molecule has 1 aliphatic heterocycles. The highest BCUT2D eigenvalue weighted by Gasteiger charge is 2.22. The first-order valence-electron chi connectivity index (χ1n) is 9.31. The van der Waals surface area contributed by atoms with E-state index in [0.717, 1.165) is 22.6 Å². The van der Waals surface area contributed by atoms with Crippen molar-refractivity contribution >= 4 is 5.91 Å². The molecule has 28 heavy (non-hydrogen) atoms. The van der Waals surface area contributed by atoms with Gasteiger partial charge in [-0.3, -0.25) is 4.79 Å². The van der Waals surface area contributed by atoms with Crippen LogP contribution >= 0.6 is 0 Å². The Kier molecular flexibility index (Phi) is 5.02. The van der Waals surface area contributed by atoms with Crippen LogP contribution in [0.15, 0.2) is 59.5 Å². The van der Waals surface area contributed by atoms with Gasteiger partial charge in [0.2, 0.25) is 0 Å². The van der Waals surface area contributed by atoms with Crippen LogP contribution in [0.2, 0.25) is 0 Å². The first kappa shape index (κ1) is 18.1. The number of benzene rings is 2. The topological polar surface area (TPSA) is 73.6 Å². The van der Waals surface area contributed by atoms with Gasteiger partial charge >= 0.3 is 0 Å². The van der Waals surface area contributed by atoms with E-state index < -0.39 is 0 Å². The van der Waals surface area contributed by atoms with E-state index in [1.807, 2.05) is 30.3 Å². The number of nitrogens with one attached hydrogen (secondary N) is 1. The van der Waals surface area contributed by atoms with Crippen LogP contribution < -0.4 is 14.8 Å². The maximum atomic E-state index is 12.8. The van der Waals surface area contributed by atoms with Gasteiger partial charge < -0.3 is 19.2 Å². The van der Waals surface area contributed by atoms with Gasteiger partial charge in [-0.25, -0.2) is 4.98 Å². The van der Waals surface area contributed by atoms with Gasteiger partial charge in [0, 0.05) is 11.1 Å². The van der Waals surface area contributed by atoms with Crippen LogP contribution in [0.4, 0.5) is 0 Å². The van der Waals surface area contributed by atoms with Crippen LogP contribution in [0.25, 0.3) is 11.3 Å². The number of amides is 1. The number of rotatable bonds is 5. The summed E-state index contributed by atoms with van der Waals surface area (Å²) in [4.78, 5) is 16.7. The number of carbonyl (C=O) groups is 1. The third-order valence-corrected chi connectivity index (χ3v) is 4.74. The SMILES string of the molecule is CC(C)C(NC(=O)c1ccc(-c2cnco2)cc1)c1ccc2c(c1)OCCO2. The van der Waals surface area contributed by atoms with Gasteiger partial charge in [-0.15, -0.1) is 0 Å². The molecule has 1 aromatic heterocycles. The second kappa shape index (κ2) is 7.76. The lowest BCUT2D eigenvalue weighted by atomic mass is 9.95. The fourth-order valence-corrected chi connectivity index (χ4v) is 3.26. The van der Waals surface area contributed by atoms with Gasteiger partial charge in [-0.1, -0.05) is 32.0 Å². The first-order chi connectivity index (χ1) is 13.6. The van der Waals surface area contributed by atoms with Gasteiger partial charge in [0.05, 0.1) is 12.2 Å². The van der Waals surface area contributed by atoms with Crippen molar-refractivity contribution in [3.05, 3.63) is 66.2 Å². The lowest BCUT2D eigenvalue weighted by molar-refractivity contribution is 0.0925. The number of hydrogen-bond acceptors (Lipinski definition) is 5. The van der Waals surface area contributed by atoms with Gasteiger partial charge in [0.25, 0.3) is 5.91 Å². The molecule has 1 amide bonds. The normalized spacial score (nSPS) is 14.0. The van der Waals surface area contributed by atoms with Crippen molar-refractivity contribution in [2.45, 2.75) is 19.9 Å². The molecule has 6 nitrogen and oxygen atoms in total. The minimum absolute atomic E-state index is 0.127. The highest BCUT2D eigenvalue weighted by Crippen LogP contribution is 2.34. The second-order valence-corrected chi connectivity index (χ2v) is 7.04. The molecule has 0 saturated heterocycles. The van der Waals surface area contributed by atoms with Gasteiger partial charge in [0.1, 0.15) is 13.2 Å². The van der Waals surface area contributed by atoms with Crippen LogP contribution in [0.1, 0.15) is 35.8 Å². The molecular formula is C22H22N2O4. The van der Waals surface area contributed by atoms with Crippen molar-refractivity contribution < 1.29 is 18.7 Å². The monoisotopic (exact) mass is 378 g/mol. The highest BCUT2D eigenvalue weighted by atomic mass is 16.6. The van der Waals surface area contributed by atoms with Gasteiger partial charge in [0.15, 0.2) is 23.7 Å². The molecule has 2 aromatic carbocycles. The van der Waals surface area contributed by atoms with Crippen molar-refractivity contribution in [2.24, 2.45) is 5.92 Å². The summed E-state index contributed by atoms with van der Waals surface area (Å²) < 4.78 is 16.6. The van der Waals surface area contributed by atoms with Gasteiger partial charge in [-0.05, 0) is 35.7 Å². The summed E-state index contributed by atoms with van der Waals surface area (Å²) >= 11 is 0. The highest BCUT2D eigenvalue weighted by molar-refractivity contribution is 5.94. The molecule has 1 atom stereocenters. The maximum Gasteiger partial charge on any atom is 0.251 e. The third-order valence-electron chi connectivity index (χ3n) is 4.74. The summed E-state index contributed by atoms with van der Waals surface area (Å²) in [5.41, 5.74) is 2.46. The molecule has 4 rings (SSSR count). The Morgan fingerprint density at radius 1 is 1.04 bits per heavy atom. The lowest BCUT2D eigenvalue weighted by Crippen LogP contribution is -2.31. The fraction of sp³-hybridized carbons (Fsp3) is 0.273. The van der Waals surface area contributed by atoms with E-state index in [1.54, 1.807) is 18.3 Å². The molecular weight excluding hydrogens is 356 g/mol. The Hall–Kier alpha value is -3.28. The largest absolute Gasteiger partial charge is 0.486 e. The molecule has 0 saturated carbocycles. The average Bonchev–Trinajstić information content (AvgIpc) is 3.26. The van der Waals surface area contributed by atoms with Crippen LogP contribution in [0.5, 0.6) is 11.5 Å². The molecule has 0 aliphatic carbocycles. The molecule has 6 heteroatoms. The molecule has 1 N–H and O–H groups in total. The molecule has 3 aromatic rings. The van der Waals surface area contributed by atoms with Crippen molar-refractivity contribution in [2.75, 3.05) is 13.2 Å². The lowest BCUT2D eigenvalue weighted by Gasteiger charge is -2.25. The van der Waals surface area contributed by atoms with Crippen LogP contribution in [-0.4, -0.2) is 24.1 Å². The number of hydrogen-bond donors (Lipinski definition) is 1. The number of fused-ring (bicyclic) bond motifs is 1. The molecule has 144 valence electrons. The molecule has 0 fully saturated rings. The average molecular weight is 378 g/mol. The molecule has 1 aliphatic rings. The van der Waals surface area contributed by atoms with Crippen molar-refractivity contribution in [1.82, 2.24) is 10.3 Å². The van der Waals surface area contributed by atoms with Crippen LogP contribution in [0.3, 0.4) is 0 Å². The summed E-state index contributed by atoms with van der Waals surface area (Å²) in [6.07, 6.45) is 3.03. The molecule has 0 spiro atoms. The van der Waals surface area contributed by atoms with E-state index in [9.17, 15) is 4.79 Å². The van der Waals surface area contributed by atoms with E-state index >= 15 is 0 Å². The zero-order valence-corrected chi connectivity index (χ0v) is 15.8. The van der Waals surface area contributed by atoms with Crippen molar-refractivity contribution in [1.29, 1.82) is 0 Å². The quantitative estimate of drug-likeness (QED) is 0.719. The van der Waals surface area contributed by atoms with E-state index in [-0.39, 0.29) is 17.9 Å². The standard InChI is InChI=1S/C22H22N2O4/c1-14(2)21(17-7-8-18-19(11-17)27-10-9-26-18)24-22(25)16-5-3-15(4-6-16)20-12-23-13-28-20/h3-8,11-14,21H,9-10H2,1-2H3,(H,24,25). The summed E-state index contributed by atoms with van der Waals surface area (Å²) in [6.45, 7) is 5.25. The van der Waals surface area contributed by atoms with Crippen LogP contribution in [-0.2, 0) is 0 Å². The molecule has 0 bridgehead atoms. The summed E-state index contributed by atoms with van der Waals surface area (Å²) in [7, 11) is 0. The number of aromatic nitrogens is 1. The summed E-state index contributed by atoms with van der Waals surface area (Å²) in [6, 6.07) is 13.0. The zero-order valence-electron chi connectivity index (χ0n) is 15.8.